The number of rotatable bonds is 6. The molecule has 4 aromatic carbocycles. The third kappa shape index (κ3) is 5.06. The zero-order chi connectivity index (χ0) is 30.8. The van der Waals surface area contributed by atoms with Crippen LogP contribution in [0.2, 0.25) is 13.1 Å². The number of hydrogen-bond donors (Lipinski definition) is 0. The van der Waals surface area contributed by atoms with E-state index in [4.69, 9.17) is 17.0 Å². The Morgan fingerprint density at radius 1 is 0.744 bits per heavy atom. The Kier molecular flexibility index (Phi) is 8.04. The molecule has 2 atom stereocenters. The molecule has 0 saturated heterocycles. The molecule has 2 aliphatic rings. The van der Waals surface area contributed by atoms with Crippen LogP contribution in [0.25, 0.3) is 34.4 Å². The monoisotopic (exact) mass is 699 g/mol. The van der Waals surface area contributed by atoms with Crippen LogP contribution in [-0.4, -0.2) is 5.92 Å². The summed E-state index contributed by atoms with van der Waals surface area (Å²) in [5.74, 6) is -1.55. The Bertz CT molecular complexity index is 1750. The van der Waals surface area contributed by atoms with E-state index in [0.717, 1.165) is 6.42 Å². The zero-order valence-corrected chi connectivity index (χ0v) is 31.6. The van der Waals surface area contributed by atoms with Gasteiger partial charge in [-0.15, -0.1) is 0 Å². The fraction of sp³-hybridized carbons (Fsp3) is 0.282. The van der Waals surface area contributed by atoms with Crippen LogP contribution in [0.5, 0.6) is 0 Å². The first-order valence-corrected chi connectivity index (χ1v) is 32.1. The van der Waals surface area contributed by atoms with E-state index in [1.807, 2.05) is 0 Å². The van der Waals surface area contributed by atoms with Gasteiger partial charge >= 0.3 is 270 Å². The standard InChI is InChI=1S/C19H19.C18H17.C2H7Si.2ClH.Zr/c1-19(2,3)16-12-10-15(11-13-16)18-9-5-7-14-6-4-8-17(14)18;1-3-14-7-9-15(10-8-14)17-6-4-5-16-11-13(2)12-18(16)17;1-3-2;;;/h4-13H,1-3H3;4-12H,3H2,1-2H3;3H,1-2H3;2*1H;/q;;;;;+2/p-2. The Morgan fingerprint density at radius 2 is 1.30 bits per heavy atom. The summed E-state index contributed by atoms with van der Waals surface area (Å²) < 4.78 is 0.198. The molecule has 4 aromatic rings. The average molecular weight is 702 g/mol. The van der Waals surface area contributed by atoms with Crippen molar-refractivity contribution in [3.63, 3.8) is 0 Å². The van der Waals surface area contributed by atoms with Crippen molar-refractivity contribution >= 4 is 35.1 Å². The molecule has 0 amide bonds. The van der Waals surface area contributed by atoms with E-state index >= 15 is 0 Å². The van der Waals surface area contributed by atoms with Crippen molar-refractivity contribution in [3.8, 4) is 22.3 Å². The molecule has 6 rings (SSSR count). The molecule has 0 spiro atoms. The van der Waals surface area contributed by atoms with Crippen LogP contribution >= 0.6 is 17.0 Å². The third-order valence-corrected chi connectivity index (χ3v) is 62.4. The van der Waals surface area contributed by atoms with Crippen LogP contribution in [0.3, 0.4) is 0 Å². The van der Waals surface area contributed by atoms with Gasteiger partial charge in [0.15, 0.2) is 0 Å². The summed E-state index contributed by atoms with van der Waals surface area (Å²) in [5.41, 5.74) is 14.5. The average Bonchev–Trinajstić information content (AvgIpc) is 3.58. The molecule has 2 unspecified atom stereocenters. The predicted molar refractivity (Wildman–Crippen MR) is 191 cm³/mol. The van der Waals surface area contributed by atoms with Gasteiger partial charge in [0.05, 0.1) is 0 Å². The normalized spacial score (nSPS) is 18.7. The van der Waals surface area contributed by atoms with E-state index in [1.54, 1.807) is 0 Å². The van der Waals surface area contributed by atoms with Crippen molar-refractivity contribution in [1.82, 2.24) is 0 Å². The first-order valence-electron chi connectivity index (χ1n) is 15.7. The Balaban J connectivity index is 1.46. The maximum absolute atomic E-state index is 8.34. The van der Waals surface area contributed by atoms with Crippen LogP contribution < -0.4 is 0 Å². The van der Waals surface area contributed by atoms with Crippen molar-refractivity contribution in [1.29, 1.82) is 0 Å². The first-order chi connectivity index (χ1) is 20.3. The number of fused-ring (bicyclic) bond motifs is 2. The van der Waals surface area contributed by atoms with E-state index in [2.05, 4.69) is 151 Å². The second kappa shape index (κ2) is 11.1. The van der Waals surface area contributed by atoms with E-state index in [9.17, 15) is 0 Å². The quantitative estimate of drug-likeness (QED) is 0.176. The van der Waals surface area contributed by atoms with Crippen molar-refractivity contribution in [2.45, 2.75) is 66.8 Å². The van der Waals surface area contributed by atoms with Gasteiger partial charge in [0.25, 0.3) is 0 Å². The van der Waals surface area contributed by atoms with Crippen molar-refractivity contribution < 1.29 is 15.6 Å². The number of halogens is 2. The second-order valence-corrected chi connectivity index (χ2v) is 56.7. The van der Waals surface area contributed by atoms with E-state index in [-0.39, 0.29) is 12.7 Å². The Labute approximate surface area is 267 Å². The predicted octanol–water partition coefficient (Wildman–Crippen LogP) is 12.1. The summed E-state index contributed by atoms with van der Waals surface area (Å²) in [6.45, 7) is 16.1. The van der Waals surface area contributed by atoms with E-state index in [1.165, 1.54) is 61.2 Å². The molecule has 0 saturated carbocycles. The molecule has 0 nitrogen and oxygen atoms in total. The summed E-state index contributed by atoms with van der Waals surface area (Å²) in [6, 6.07) is 31.7. The molecule has 4 heteroatoms. The van der Waals surface area contributed by atoms with Gasteiger partial charge in [-0.05, 0) is 0 Å². The molecule has 0 fully saturated rings. The SMILES string of the molecule is CCc1ccc(-c2cccc3c2C=C(C)[CH]3[Zr]([Cl])([Cl])([CH]2C=Cc3c(-c4ccc(C(C)(C)C)cc4)cccc32)[SiH](C)C)cc1. The molecule has 0 bridgehead atoms. The minimum atomic E-state index is -4.63. The molecule has 2 aliphatic carbocycles. The number of allylic oxidation sites excluding steroid dienone is 2. The Hall–Kier alpha value is -1.96. The summed E-state index contributed by atoms with van der Waals surface area (Å²) >= 11 is -4.63. The summed E-state index contributed by atoms with van der Waals surface area (Å²) in [7, 11) is 16.7. The van der Waals surface area contributed by atoms with Gasteiger partial charge in [0.2, 0.25) is 0 Å². The zero-order valence-electron chi connectivity index (χ0n) is 26.5. The van der Waals surface area contributed by atoms with Gasteiger partial charge in [-0.2, -0.15) is 0 Å². The van der Waals surface area contributed by atoms with Gasteiger partial charge in [0, 0.05) is 0 Å². The fourth-order valence-electron chi connectivity index (χ4n) is 7.55. The summed E-state index contributed by atoms with van der Waals surface area (Å²) in [5, 5.41) is 0. The second-order valence-electron chi connectivity index (χ2n) is 14.0. The number of hydrogen-bond acceptors (Lipinski definition) is 0. The molecular formula is C39H43Cl2SiZr. The summed E-state index contributed by atoms with van der Waals surface area (Å²) in [6.07, 6.45) is 8.14. The van der Waals surface area contributed by atoms with Gasteiger partial charge in [-0.25, -0.2) is 0 Å². The van der Waals surface area contributed by atoms with Crippen LogP contribution in [0.1, 0.15) is 75.3 Å². The molecule has 0 N–H and O–H groups in total. The topological polar surface area (TPSA) is 0 Å². The molecule has 0 radical (unpaired) electrons. The van der Waals surface area contributed by atoms with Crippen LogP contribution in [0.4, 0.5) is 0 Å². The molecule has 0 aliphatic heterocycles. The molecule has 221 valence electrons. The van der Waals surface area contributed by atoms with Crippen LogP contribution in [0, 0.1) is 0 Å². The third-order valence-electron chi connectivity index (χ3n) is 10.2. The fourth-order valence-corrected chi connectivity index (χ4v) is 37.7. The molecular weight excluding hydrogens is 659 g/mol. The van der Waals surface area contributed by atoms with Crippen molar-refractivity contribution in [2.75, 3.05) is 0 Å². The number of benzene rings is 4. The minimum absolute atomic E-state index is 0.0898. The van der Waals surface area contributed by atoms with E-state index in [0.29, 0.717) is 0 Å². The Morgan fingerprint density at radius 3 is 1.86 bits per heavy atom. The number of aryl methyl sites for hydroxylation is 1. The van der Waals surface area contributed by atoms with Gasteiger partial charge < -0.3 is 0 Å². The molecule has 0 aromatic heterocycles. The van der Waals surface area contributed by atoms with Gasteiger partial charge in [0.1, 0.15) is 0 Å². The van der Waals surface area contributed by atoms with Crippen LogP contribution in [-0.2, 0) is 27.4 Å². The molecule has 0 heterocycles. The van der Waals surface area contributed by atoms with E-state index < -0.39 is 21.5 Å². The molecule has 43 heavy (non-hydrogen) atoms. The van der Waals surface area contributed by atoms with Gasteiger partial charge in [-0.1, -0.05) is 0 Å². The van der Waals surface area contributed by atoms with Crippen molar-refractivity contribution in [3.05, 3.63) is 130 Å². The van der Waals surface area contributed by atoms with Gasteiger partial charge in [-0.3, -0.25) is 0 Å². The summed E-state index contributed by atoms with van der Waals surface area (Å²) in [4.78, 5) is 0. The first kappa shape index (κ1) is 31.0. The van der Waals surface area contributed by atoms with Crippen LogP contribution in [0.15, 0.2) is 96.6 Å². The maximum atomic E-state index is 8.34. The van der Waals surface area contributed by atoms with Crippen molar-refractivity contribution in [2.24, 2.45) is 0 Å².